The summed E-state index contributed by atoms with van der Waals surface area (Å²) in [6, 6.07) is 8.71. The van der Waals surface area contributed by atoms with Gasteiger partial charge in [-0.3, -0.25) is 0 Å². The van der Waals surface area contributed by atoms with Gasteiger partial charge in [-0.05, 0) is 13.8 Å². The second-order valence-corrected chi connectivity index (χ2v) is 12.4. The number of benzene rings is 2. The number of halogens is 1. The standard InChI is InChI=1S/C16H9ClO4.2C2H4O2.2Hg/c17-11-3-1-10(2-4-11)16(8-7-15(20)21-16)13-6-5-12(18)9-14(13)19;2*1-2(3)4;;/h1-4,6-8,18-19H;2*1H3,(H,3,4);;/q;;;2*+1/p-2. The number of carbonyl (C=O) groups is 3. The molecule has 1 heterocycles. The summed E-state index contributed by atoms with van der Waals surface area (Å²) >= 11 is 6.14. The van der Waals surface area contributed by atoms with Crippen molar-refractivity contribution in [1.82, 2.24) is 0 Å². The summed E-state index contributed by atoms with van der Waals surface area (Å²) in [6.45, 7) is 1.94. The Kier molecular flexibility index (Phi) is 10.4. The number of aromatic hydroxyl groups is 2. The van der Waals surface area contributed by atoms with Gasteiger partial charge < -0.3 is 19.8 Å². The number of phenolic OH excluding ortho intramolecular Hbond substituents is 2. The number of carboxylic acid groups (broad SMARTS) is 2. The molecule has 2 N–H and O–H groups in total. The fourth-order valence-corrected chi connectivity index (χ4v) is 9.78. The van der Waals surface area contributed by atoms with Gasteiger partial charge in [0.2, 0.25) is 0 Å². The van der Waals surface area contributed by atoms with Crippen LogP contribution < -0.4 is 16.4 Å². The van der Waals surface area contributed by atoms with E-state index in [1.54, 1.807) is 36.4 Å². The van der Waals surface area contributed by atoms with Crippen molar-refractivity contribution in [2.24, 2.45) is 0 Å². The molecule has 0 radical (unpaired) electrons. The number of aliphatic carboxylic acids is 2. The van der Waals surface area contributed by atoms with Crippen molar-refractivity contribution < 1.29 is 91.8 Å². The van der Waals surface area contributed by atoms with Crippen molar-refractivity contribution in [2.75, 3.05) is 0 Å². The fourth-order valence-electron chi connectivity index (χ4n) is 2.63. The van der Waals surface area contributed by atoms with Gasteiger partial charge >= 0.3 is 171 Å². The number of hydrogen-bond donors (Lipinski definition) is 2. The number of phenols is 2. The van der Waals surface area contributed by atoms with E-state index in [0.29, 0.717) is 19.2 Å². The third-order valence-electron chi connectivity index (χ3n) is 3.84. The van der Waals surface area contributed by atoms with Crippen LogP contribution in [0.2, 0.25) is 5.02 Å². The van der Waals surface area contributed by atoms with E-state index in [2.05, 4.69) is 0 Å². The summed E-state index contributed by atoms with van der Waals surface area (Å²) in [4.78, 5) is 29.6. The van der Waals surface area contributed by atoms with Gasteiger partial charge in [0.15, 0.2) is 0 Å². The number of carboxylic acids is 2. The van der Waals surface area contributed by atoms with Gasteiger partial charge in [0.05, 0.1) is 0 Å². The predicted molar refractivity (Wildman–Crippen MR) is 97.9 cm³/mol. The van der Waals surface area contributed by atoms with E-state index in [4.69, 9.17) is 36.1 Å². The molecular weight excluding hydrogens is 805 g/mol. The maximum absolute atomic E-state index is 11.8. The van der Waals surface area contributed by atoms with Crippen LogP contribution in [0.5, 0.6) is 11.5 Å². The molecule has 1 atom stereocenters. The molecule has 1 unspecified atom stereocenters. The quantitative estimate of drug-likeness (QED) is 0.289. The van der Waals surface area contributed by atoms with Gasteiger partial charge in [0.25, 0.3) is 0 Å². The van der Waals surface area contributed by atoms with Crippen LogP contribution in [-0.2, 0) is 77.0 Å². The Balaban J connectivity index is 0.000000519. The second-order valence-electron chi connectivity index (χ2n) is 6.24. The number of cyclic esters (lactones) is 1. The van der Waals surface area contributed by atoms with Crippen LogP contribution >= 0.6 is 11.6 Å². The maximum atomic E-state index is 11.8. The molecule has 11 heteroatoms. The molecule has 2 aromatic carbocycles. The van der Waals surface area contributed by atoms with Gasteiger partial charge in [-0.15, -0.1) is 0 Å². The zero-order valence-electron chi connectivity index (χ0n) is 16.7. The van der Waals surface area contributed by atoms with Gasteiger partial charge in [-0.25, -0.2) is 0 Å². The van der Waals surface area contributed by atoms with E-state index in [-0.39, 0.29) is 63.7 Å². The van der Waals surface area contributed by atoms with Crippen LogP contribution in [0.1, 0.15) is 25.0 Å². The second kappa shape index (κ2) is 11.8. The summed E-state index contributed by atoms with van der Waals surface area (Å²) < 4.78 is 7.01. The van der Waals surface area contributed by atoms with E-state index in [9.17, 15) is 15.0 Å². The molecule has 0 bridgehead atoms. The topological polar surface area (TPSA) is 147 Å². The number of ether oxygens (including phenoxy) is 1. The predicted octanol–water partition coefficient (Wildman–Crippen LogP) is -1.04. The van der Waals surface area contributed by atoms with Crippen LogP contribution in [0.4, 0.5) is 0 Å². The summed E-state index contributed by atoms with van der Waals surface area (Å²) in [5.41, 5.74) is 0.0157. The van der Waals surface area contributed by atoms with Crippen LogP contribution in [0, 0.1) is 0 Å². The first-order valence-electron chi connectivity index (χ1n) is 8.58. The Morgan fingerprint density at radius 2 is 1.52 bits per heavy atom. The van der Waals surface area contributed by atoms with Gasteiger partial charge in [0, 0.05) is 11.9 Å². The Morgan fingerprint density at radius 1 is 1.03 bits per heavy atom. The number of esters is 1. The van der Waals surface area contributed by atoms with Crippen molar-refractivity contribution in [3.05, 3.63) is 58.6 Å². The summed E-state index contributed by atoms with van der Waals surface area (Å²) in [6.07, 6.45) is 3.00. The van der Waals surface area contributed by atoms with E-state index < -0.39 is 23.5 Å². The molecule has 0 spiro atoms. The van der Waals surface area contributed by atoms with Gasteiger partial charge in [-0.1, -0.05) is 0 Å². The van der Waals surface area contributed by atoms with Gasteiger partial charge in [-0.2, -0.15) is 0 Å². The van der Waals surface area contributed by atoms with Crippen LogP contribution in [-0.4, -0.2) is 28.1 Å². The minimum absolute atomic E-state index is 0.00864. The van der Waals surface area contributed by atoms with E-state index in [0.717, 1.165) is 16.9 Å². The summed E-state index contributed by atoms with van der Waals surface area (Å²) in [5.74, 6) is -2.43. The van der Waals surface area contributed by atoms with Gasteiger partial charge in [0.1, 0.15) is 0 Å². The van der Waals surface area contributed by atoms with Crippen LogP contribution in [0.3, 0.4) is 0 Å². The first-order valence-corrected chi connectivity index (χ1v) is 14.5. The molecular formula is C20H15ClHg2O8. The van der Waals surface area contributed by atoms with E-state index in [1.807, 2.05) is 0 Å². The normalized spacial score (nSPS) is 16.4. The SMILES string of the molecule is CC(=O)[O-].CC(=O)[O-].O=C1C=CC(c2ccc(Cl)cc2)(c2c[c]([Hg+])c(O)[c]([Hg+])c2O)O1. The van der Waals surface area contributed by atoms with Crippen LogP contribution in [0.15, 0.2) is 42.5 Å². The summed E-state index contributed by atoms with van der Waals surface area (Å²) in [5, 5.41) is 39.0. The average Bonchev–Trinajstić information content (AvgIpc) is 3.05. The third-order valence-corrected chi connectivity index (χ3v) is 8.79. The van der Waals surface area contributed by atoms with E-state index >= 15 is 0 Å². The van der Waals surface area contributed by atoms with Crippen LogP contribution in [0.25, 0.3) is 0 Å². The fraction of sp³-hybridized carbons (Fsp3) is 0.150. The van der Waals surface area contributed by atoms with Crippen molar-refractivity contribution >= 4 is 35.7 Å². The zero-order valence-corrected chi connectivity index (χ0v) is 28.4. The molecule has 0 aliphatic carbocycles. The first kappa shape index (κ1) is 27.4. The Labute approximate surface area is 215 Å². The molecule has 154 valence electrons. The average molecular weight is 820 g/mol. The number of carbonyl (C=O) groups excluding carboxylic acids is 3. The number of rotatable bonds is 2. The molecule has 8 nitrogen and oxygen atoms in total. The molecule has 2 aromatic rings. The molecule has 3 rings (SSSR count). The summed E-state index contributed by atoms with van der Waals surface area (Å²) in [7, 11) is 0. The molecule has 0 aromatic heterocycles. The van der Waals surface area contributed by atoms with Crippen molar-refractivity contribution in [3.63, 3.8) is 0 Å². The molecule has 31 heavy (non-hydrogen) atoms. The van der Waals surface area contributed by atoms with E-state index in [1.165, 1.54) is 6.08 Å². The molecule has 0 saturated heterocycles. The molecule has 1 aliphatic rings. The Hall–Kier alpha value is -1.65. The number of hydrogen-bond acceptors (Lipinski definition) is 8. The first-order chi connectivity index (χ1) is 14.3. The van der Waals surface area contributed by atoms with Crippen molar-refractivity contribution in [2.45, 2.75) is 19.4 Å². The molecule has 0 amide bonds. The monoisotopic (exact) mass is 822 g/mol. The molecule has 0 saturated carbocycles. The zero-order chi connectivity index (χ0) is 23.9. The molecule has 1 aliphatic heterocycles. The van der Waals surface area contributed by atoms with Crippen molar-refractivity contribution in [1.29, 1.82) is 0 Å². The Morgan fingerprint density at radius 3 is 1.94 bits per heavy atom. The Bertz CT molecular complexity index is 1000. The molecule has 0 fully saturated rings. The third kappa shape index (κ3) is 7.47. The van der Waals surface area contributed by atoms with Crippen molar-refractivity contribution in [3.8, 4) is 11.5 Å². The minimum atomic E-state index is -1.18.